The molecule has 4 rings (SSSR count). The molecule has 2 amide bonds. The van der Waals surface area contributed by atoms with Gasteiger partial charge in [0.05, 0.1) is 24.3 Å². The molecule has 9 nitrogen and oxygen atoms in total. The van der Waals surface area contributed by atoms with E-state index in [1.54, 1.807) is 43.9 Å². The van der Waals surface area contributed by atoms with Crippen LogP contribution in [0.1, 0.15) is 80.9 Å². The van der Waals surface area contributed by atoms with E-state index >= 15 is 4.79 Å². The Labute approximate surface area is 292 Å². The summed E-state index contributed by atoms with van der Waals surface area (Å²) in [5.74, 6) is -2.35. The summed E-state index contributed by atoms with van der Waals surface area (Å²) in [7, 11) is -1.76. The first-order chi connectivity index (χ1) is 22.5. The second kappa shape index (κ2) is 14.9. The number of aromatic carboxylic acids is 1. The normalized spacial score (nSPS) is 21.5. The van der Waals surface area contributed by atoms with Crippen molar-refractivity contribution in [3.63, 3.8) is 0 Å². The number of carboxylic acid groups (broad SMARTS) is 1. The molecule has 0 aliphatic carbocycles. The van der Waals surface area contributed by atoms with Gasteiger partial charge in [-0.25, -0.2) is 9.00 Å². The number of nitrogens with one attached hydrogen (secondary N) is 2. The lowest BCUT2D eigenvalue weighted by Gasteiger charge is -2.53. The standard InChI is InChI=1S/C36H43Cl2N3O6S/c1-21(2)30(20-48(39,46)22(3)4)41-33(23-10-12-25(37)13-11-23)29(24-8-7-9-26(38)16-24)18-36(5,35(41)45)19-32(42)40-27-14-15-28(34(43)44)31(17-27)47-6/h7-17,21-22,29-30,33,39H,18-20H2,1-6H3,(H,40,42)(H,43,44)/t29-,30-,33-,36-,48?/m1/s1. The number of halogens is 2. The topological polar surface area (TPSA) is 137 Å². The SMILES string of the molecule is COc1cc(NC(=O)C[C@@]2(C)C[C@H](c3cccc(Cl)c3)[C@@H](c3ccc(Cl)cc3)N([C@H](CS(=N)(=O)C(C)C)C(C)C)C2=O)ccc1C(=O)O. The van der Waals surface area contributed by atoms with Gasteiger partial charge in [0.1, 0.15) is 11.3 Å². The molecule has 1 saturated heterocycles. The smallest absolute Gasteiger partial charge is 0.339 e. The monoisotopic (exact) mass is 715 g/mol. The van der Waals surface area contributed by atoms with Crippen molar-refractivity contribution in [3.05, 3.63) is 93.5 Å². The molecule has 1 aliphatic rings. The maximum atomic E-state index is 15.0. The van der Waals surface area contributed by atoms with Gasteiger partial charge in [0.25, 0.3) is 0 Å². The number of nitrogens with zero attached hydrogens (tertiary/aromatic N) is 1. The lowest BCUT2D eigenvalue weighted by Crippen LogP contribution is -2.59. The third-order valence-corrected chi connectivity index (χ3v) is 12.0. The van der Waals surface area contributed by atoms with Crippen molar-refractivity contribution in [2.24, 2.45) is 11.3 Å². The van der Waals surface area contributed by atoms with E-state index in [9.17, 15) is 18.9 Å². The van der Waals surface area contributed by atoms with Gasteiger partial charge in [0, 0.05) is 55.2 Å². The van der Waals surface area contributed by atoms with Crippen molar-refractivity contribution in [3.8, 4) is 5.75 Å². The van der Waals surface area contributed by atoms with Gasteiger partial charge in [-0.2, -0.15) is 0 Å². The third kappa shape index (κ3) is 8.15. The highest BCUT2D eigenvalue weighted by molar-refractivity contribution is 7.93. The summed E-state index contributed by atoms with van der Waals surface area (Å²) in [5.41, 5.74) is 0.742. The van der Waals surface area contributed by atoms with E-state index in [4.69, 9.17) is 32.7 Å². The maximum absolute atomic E-state index is 15.0. The van der Waals surface area contributed by atoms with Gasteiger partial charge in [-0.15, -0.1) is 0 Å². The zero-order chi connectivity index (χ0) is 35.6. The molecule has 0 bridgehead atoms. The van der Waals surface area contributed by atoms with Crippen LogP contribution in [0.4, 0.5) is 5.69 Å². The molecule has 3 N–H and O–H groups in total. The van der Waals surface area contributed by atoms with Gasteiger partial charge in [-0.1, -0.05) is 82.1 Å². The predicted molar refractivity (Wildman–Crippen MR) is 191 cm³/mol. The highest BCUT2D eigenvalue weighted by Gasteiger charge is 2.53. The number of hydrogen-bond acceptors (Lipinski definition) is 6. The number of carboxylic acids is 1. The van der Waals surface area contributed by atoms with Crippen molar-refractivity contribution in [1.82, 2.24) is 4.90 Å². The number of anilines is 1. The number of rotatable bonds is 12. The number of piperidine rings is 1. The molecule has 0 aromatic heterocycles. The van der Waals surface area contributed by atoms with Crippen molar-refractivity contribution >= 4 is 56.4 Å². The molecule has 3 aromatic rings. The summed E-state index contributed by atoms with van der Waals surface area (Å²) in [6.45, 7) is 9.18. The van der Waals surface area contributed by atoms with Crippen molar-refractivity contribution in [1.29, 1.82) is 4.78 Å². The molecule has 1 fully saturated rings. The van der Waals surface area contributed by atoms with Crippen LogP contribution in [-0.4, -0.2) is 56.2 Å². The van der Waals surface area contributed by atoms with E-state index in [0.29, 0.717) is 15.7 Å². The molecule has 1 aliphatic heterocycles. The zero-order valence-electron chi connectivity index (χ0n) is 28.0. The molecule has 258 valence electrons. The highest BCUT2D eigenvalue weighted by atomic mass is 35.5. The summed E-state index contributed by atoms with van der Waals surface area (Å²) in [6.07, 6.45) is 0.0941. The first kappa shape index (κ1) is 37.2. The number of amides is 2. The second-order valence-corrected chi connectivity index (χ2v) is 16.9. The van der Waals surface area contributed by atoms with Crippen molar-refractivity contribution < 1.29 is 28.4 Å². The molecule has 0 spiro atoms. The van der Waals surface area contributed by atoms with Crippen LogP contribution in [0.25, 0.3) is 0 Å². The highest BCUT2D eigenvalue weighted by Crippen LogP contribution is 2.52. The fourth-order valence-corrected chi connectivity index (χ4v) is 8.22. The third-order valence-electron chi connectivity index (χ3n) is 9.16. The number of carbonyl (C=O) groups is 3. The Balaban J connectivity index is 1.85. The van der Waals surface area contributed by atoms with Crippen LogP contribution < -0.4 is 10.1 Å². The van der Waals surface area contributed by atoms with Crippen LogP contribution in [0.3, 0.4) is 0 Å². The van der Waals surface area contributed by atoms with Crippen LogP contribution in [0.5, 0.6) is 5.75 Å². The van der Waals surface area contributed by atoms with Crippen LogP contribution in [0.2, 0.25) is 10.0 Å². The maximum Gasteiger partial charge on any atom is 0.339 e. The summed E-state index contributed by atoms with van der Waals surface area (Å²) >= 11 is 12.8. The first-order valence-electron chi connectivity index (χ1n) is 15.8. The minimum Gasteiger partial charge on any atom is -0.496 e. The zero-order valence-corrected chi connectivity index (χ0v) is 30.3. The van der Waals surface area contributed by atoms with E-state index in [1.807, 2.05) is 44.2 Å². The molecule has 0 saturated carbocycles. The Morgan fingerprint density at radius 1 is 1.04 bits per heavy atom. The van der Waals surface area contributed by atoms with Crippen LogP contribution in [-0.2, 0) is 19.3 Å². The van der Waals surface area contributed by atoms with E-state index in [0.717, 1.165) is 11.1 Å². The molecule has 12 heteroatoms. The minimum atomic E-state index is -3.10. The van der Waals surface area contributed by atoms with Gasteiger partial charge in [-0.3, -0.25) is 14.4 Å². The number of ether oxygens (including phenoxy) is 1. The van der Waals surface area contributed by atoms with Crippen LogP contribution >= 0.6 is 23.2 Å². The molecule has 1 heterocycles. The summed E-state index contributed by atoms with van der Waals surface area (Å²) in [4.78, 5) is 42.1. The molecule has 5 atom stereocenters. The molecule has 0 radical (unpaired) electrons. The van der Waals surface area contributed by atoms with Crippen LogP contribution in [0, 0.1) is 16.1 Å². The van der Waals surface area contributed by atoms with E-state index in [2.05, 4.69) is 5.32 Å². The van der Waals surface area contributed by atoms with Crippen molar-refractivity contribution in [2.45, 2.75) is 70.7 Å². The number of likely N-dealkylation sites (tertiary alicyclic amines) is 1. The molecular weight excluding hydrogens is 673 g/mol. The predicted octanol–water partition coefficient (Wildman–Crippen LogP) is 8.27. The van der Waals surface area contributed by atoms with E-state index in [1.165, 1.54) is 25.3 Å². The molecule has 1 unspecified atom stereocenters. The van der Waals surface area contributed by atoms with E-state index < -0.39 is 44.4 Å². The Hall–Kier alpha value is -3.60. The van der Waals surface area contributed by atoms with E-state index in [-0.39, 0.29) is 47.7 Å². The minimum absolute atomic E-state index is 0.0293. The molecular formula is C36H43Cl2N3O6S. The fraction of sp³-hybridized carbons (Fsp3) is 0.417. The number of hydrogen-bond donors (Lipinski definition) is 3. The fourth-order valence-electron chi connectivity index (χ4n) is 6.46. The quantitative estimate of drug-likeness (QED) is 0.173. The first-order valence-corrected chi connectivity index (χ1v) is 18.3. The van der Waals surface area contributed by atoms with Crippen molar-refractivity contribution in [2.75, 3.05) is 18.2 Å². The van der Waals surface area contributed by atoms with Gasteiger partial charge >= 0.3 is 5.97 Å². The average Bonchev–Trinajstić information content (AvgIpc) is 3.01. The number of carbonyl (C=O) groups excluding carboxylic acids is 2. The Morgan fingerprint density at radius 3 is 2.27 bits per heavy atom. The van der Waals surface area contributed by atoms with Gasteiger partial charge in [0.2, 0.25) is 11.8 Å². The summed E-state index contributed by atoms with van der Waals surface area (Å²) in [6, 6.07) is 17.9. The molecule has 48 heavy (non-hydrogen) atoms. The van der Waals surface area contributed by atoms with Crippen LogP contribution in [0.15, 0.2) is 66.7 Å². The van der Waals surface area contributed by atoms with Gasteiger partial charge < -0.3 is 20.1 Å². The Morgan fingerprint density at radius 2 is 1.71 bits per heavy atom. The Kier molecular flexibility index (Phi) is 11.5. The summed E-state index contributed by atoms with van der Waals surface area (Å²) in [5, 5.41) is 12.9. The number of benzene rings is 3. The lowest BCUT2D eigenvalue weighted by molar-refractivity contribution is -0.157. The Bertz CT molecular complexity index is 1780. The van der Waals surface area contributed by atoms with Gasteiger partial charge in [0.15, 0.2) is 0 Å². The second-order valence-electron chi connectivity index (χ2n) is 13.3. The number of methoxy groups -OCH3 is 1. The largest absolute Gasteiger partial charge is 0.496 e. The average molecular weight is 717 g/mol. The van der Waals surface area contributed by atoms with Gasteiger partial charge in [-0.05, 0) is 59.9 Å². The molecule has 3 aromatic carbocycles. The summed E-state index contributed by atoms with van der Waals surface area (Å²) < 4.78 is 27.7. The lowest BCUT2D eigenvalue weighted by atomic mass is 9.66.